The smallest absolute Gasteiger partial charge is 0.408 e. The molecule has 3 N–H and O–H groups in total. The molecule has 1 unspecified atom stereocenters. The number of benzene rings is 1. The predicted molar refractivity (Wildman–Crippen MR) is 82.0 cm³/mol. The number of hydrogen-bond acceptors (Lipinski definition) is 4. The van der Waals surface area contributed by atoms with Crippen LogP contribution in [0.25, 0.3) is 0 Å². The summed E-state index contributed by atoms with van der Waals surface area (Å²) >= 11 is 0. The molecule has 0 saturated carbocycles. The summed E-state index contributed by atoms with van der Waals surface area (Å²) in [6.07, 6.45) is -1.11. The fourth-order valence-electron chi connectivity index (χ4n) is 3.31. The van der Waals surface area contributed by atoms with Gasteiger partial charge in [-0.05, 0) is 31.9 Å². The molecule has 1 atom stereocenters. The summed E-state index contributed by atoms with van der Waals surface area (Å²) in [4.78, 5) is 35.4. The number of nitrogens with two attached hydrogens (primary N) is 1. The summed E-state index contributed by atoms with van der Waals surface area (Å²) in [5.74, 6) is -0.756. The SMILES string of the molecule is CC(C)(C)N(C(=O)O)C1(C(N)=O)Cc2ccc([N+](=O)[O-])cc2C1. The van der Waals surface area contributed by atoms with Gasteiger partial charge < -0.3 is 10.8 Å². The van der Waals surface area contributed by atoms with Crippen LogP contribution in [0.15, 0.2) is 18.2 Å². The topological polar surface area (TPSA) is 127 Å². The van der Waals surface area contributed by atoms with Crippen molar-refractivity contribution < 1.29 is 19.6 Å². The first-order valence-electron chi connectivity index (χ1n) is 7.08. The Balaban J connectivity index is 2.55. The molecular weight excluding hydrogens is 302 g/mol. The third kappa shape index (κ3) is 2.71. The van der Waals surface area contributed by atoms with E-state index in [4.69, 9.17) is 5.73 Å². The molecule has 1 aliphatic rings. The highest BCUT2D eigenvalue weighted by atomic mass is 16.6. The highest BCUT2D eigenvalue weighted by Crippen LogP contribution is 2.39. The summed E-state index contributed by atoms with van der Waals surface area (Å²) in [5.41, 5.74) is 4.45. The van der Waals surface area contributed by atoms with Gasteiger partial charge in [-0.25, -0.2) is 4.79 Å². The Bertz CT molecular complexity index is 695. The normalized spacial score (nSPS) is 20.0. The van der Waals surface area contributed by atoms with E-state index in [0.717, 1.165) is 4.90 Å². The van der Waals surface area contributed by atoms with Crippen molar-refractivity contribution in [2.24, 2.45) is 5.73 Å². The summed E-state index contributed by atoms with van der Waals surface area (Å²) in [6, 6.07) is 4.28. The molecule has 124 valence electrons. The maximum atomic E-state index is 12.2. The van der Waals surface area contributed by atoms with Gasteiger partial charge in [0.1, 0.15) is 5.54 Å². The van der Waals surface area contributed by atoms with Crippen LogP contribution in [0.4, 0.5) is 10.5 Å². The van der Waals surface area contributed by atoms with Crippen LogP contribution in [-0.2, 0) is 17.6 Å². The standard InChI is InChI=1S/C15H19N3O5/c1-14(2,3)17(13(20)21)15(12(16)19)7-9-4-5-11(18(22)23)6-10(9)8-15/h4-6H,7-8H2,1-3H3,(H2,16,19)(H,20,21). The summed E-state index contributed by atoms with van der Waals surface area (Å²) in [5, 5.41) is 20.5. The zero-order valence-corrected chi connectivity index (χ0v) is 13.2. The van der Waals surface area contributed by atoms with Gasteiger partial charge in [-0.1, -0.05) is 6.07 Å². The molecule has 0 bridgehead atoms. The van der Waals surface area contributed by atoms with E-state index in [2.05, 4.69) is 0 Å². The molecule has 1 aromatic carbocycles. The van der Waals surface area contributed by atoms with Gasteiger partial charge in [-0.3, -0.25) is 19.8 Å². The van der Waals surface area contributed by atoms with E-state index in [0.29, 0.717) is 11.1 Å². The van der Waals surface area contributed by atoms with Crippen molar-refractivity contribution in [1.29, 1.82) is 0 Å². The molecule has 0 fully saturated rings. The number of fused-ring (bicyclic) bond motifs is 1. The third-order valence-corrected chi connectivity index (χ3v) is 4.12. The molecule has 1 aliphatic carbocycles. The predicted octanol–water partition coefficient (Wildman–Crippen LogP) is 1.70. The lowest BCUT2D eigenvalue weighted by molar-refractivity contribution is -0.384. The second-order valence-corrected chi connectivity index (χ2v) is 6.75. The zero-order chi connectivity index (χ0) is 17.6. The van der Waals surface area contributed by atoms with Crippen LogP contribution in [0.2, 0.25) is 0 Å². The Labute approximate surface area is 133 Å². The number of carbonyl (C=O) groups is 2. The van der Waals surface area contributed by atoms with E-state index in [-0.39, 0.29) is 18.5 Å². The first-order chi connectivity index (χ1) is 10.5. The summed E-state index contributed by atoms with van der Waals surface area (Å²) < 4.78 is 0. The lowest BCUT2D eigenvalue weighted by Gasteiger charge is -2.45. The molecule has 0 saturated heterocycles. The minimum absolute atomic E-state index is 0.0307. The van der Waals surface area contributed by atoms with E-state index in [9.17, 15) is 24.8 Å². The van der Waals surface area contributed by atoms with Crippen molar-refractivity contribution in [3.8, 4) is 0 Å². The number of nitrogens with zero attached hydrogens (tertiary/aromatic N) is 2. The first kappa shape index (κ1) is 16.7. The summed E-state index contributed by atoms with van der Waals surface area (Å²) in [6.45, 7) is 5.03. The van der Waals surface area contributed by atoms with Gasteiger partial charge in [-0.15, -0.1) is 0 Å². The van der Waals surface area contributed by atoms with E-state index in [1.165, 1.54) is 12.1 Å². The molecular formula is C15H19N3O5. The molecule has 23 heavy (non-hydrogen) atoms. The highest BCUT2D eigenvalue weighted by molar-refractivity contribution is 5.90. The maximum absolute atomic E-state index is 12.2. The quantitative estimate of drug-likeness (QED) is 0.647. The largest absolute Gasteiger partial charge is 0.465 e. The van der Waals surface area contributed by atoms with Crippen LogP contribution >= 0.6 is 0 Å². The van der Waals surface area contributed by atoms with Crippen LogP contribution in [0.3, 0.4) is 0 Å². The van der Waals surface area contributed by atoms with Crippen molar-refractivity contribution >= 4 is 17.7 Å². The van der Waals surface area contributed by atoms with E-state index in [1.54, 1.807) is 26.8 Å². The fourth-order valence-corrected chi connectivity index (χ4v) is 3.31. The van der Waals surface area contributed by atoms with Gasteiger partial charge >= 0.3 is 6.09 Å². The van der Waals surface area contributed by atoms with Crippen molar-refractivity contribution in [2.45, 2.75) is 44.7 Å². The monoisotopic (exact) mass is 321 g/mol. The first-order valence-corrected chi connectivity index (χ1v) is 7.08. The number of non-ortho nitro benzene ring substituents is 1. The van der Waals surface area contributed by atoms with Crippen LogP contribution in [0.5, 0.6) is 0 Å². The number of carboxylic acid groups (broad SMARTS) is 1. The minimum atomic E-state index is -1.44. The van der Waals surface area contributed by atoms with E-state index in [1.807, 2.05) is 0 Å². The molecule has 1 aromatic rings. The fraction of sp³-hybridized carbons (Fsp3) is 0.467. The third-order valence-electron chi connectivity index (χ3n) is 4.12. The second-order valence-electron chi connectivity index (χ2n) is 6.75. The summed E-state index contributed by atoms with van der Waals surface area (Å²) in [7, 11) is 0. The lowest BCUT2D eigenvalue weighted by atomic mass is 9.87. The number of hydrogen-bond donors (Lipinski definition) is 2. The van der Waals surface area contributed by atoms with Crippen LogP contribution < -0.4 is 5.73 Å². The number of carbonyl (C=O) groups excluding carboxylic acids is 1. The molecule has 8 nitrogen and oxygen atoms in total. The average molecular weight is 321 g/mol. The molecule has 8 heteroatoms. The van der Waals surface area contributed by atoms with Gasteiger partial charge in [0, 0.05) is 30.5 Å². The van der Waals surface area contributed by atoms with Crippen molar-refractivity contribution in [3.63, 3.8) is 0 Å². The Morgan fingerprint density at radius 2 is 1.87 bits per heavy atom. The maximum Gasteiger partial charge on any atom is 0.408 e. The molecule has 0 radical (unpaired) electrons. The van der Waals surface area contributed by atoms with Gasteiger partial charge in [0.2, 0.25) is 5.91 Å². The number of nitro groups is 1. The van der Waals surface area contributed by atoms with Crippen LogP contribution in [-0.4, -0.2) is 38.0 Å². The van der Waals surface area contributed by atoms with E-state index >= 15 is 0 Å². The molecule has 2 amide bonds. The van der Waals surface area contributed by atoms with Crippen molar-refractivity contribution in [3.05, 3.63) is 39.4 Å². The van der Waals surface area contributed by atoms with Crippen molar-refractivity contribution in [2.75, 3.05) is 0 Å². The number of primary amides is 1. The van der Waals surface area contributed by atoms with Gasteiger partial charge in [0.15, 0.2) is 0 Å². The van der Waals surface area contributed by atoms with Crippen molar-refractivity contribution in [1.82, 2.24) is 4.90 Å². The Kier molecular flexibility index (Phi) is 3.80. The number of nitro benzene ring substituents is 1. The Morgan fingerprint density at radius 3 is 2.30 bits per heavy atom. The van der Waals surface area contributed by atoms with Crippen LogP contribution in [0.1, 0.15) is 31.9 Å². The van der Waals surface area contributed by atoms with Crippen LogP contribution in [0, 0.1) is 10.1 Å². The minimum Gasteiger partial charge on any atom is -0.465 e. The van der Waals surface area contributed by atoms with Gasteiger partial charge in [0.25, 0.3) is 5.69 Å². The van der Waals surface area contributed by atoms with Gasteiger partial charge in [-0.2, -0.15) is 0 Å². The number of rotatable bonds is 3. The van der Waals surface area contributed by atoms with E-state index < -0.39 is 28.0 Å². The highest BCUT2D eigenvalue weighted by Gasteiger charge is 2.53. The molecule has 0 aromatic heterocycles. The zero-order valence-electron chi connectivity index (χ0n) is 13.2. The second kappa shape index (κ2) is 5.22. The average Bonchev–Trinajstić information content (AvgIpc) is 2.74. The molecule has 0 aliphatic heterocycles. The lowest BCUT2D eigenvalue weighted by Crippen LogP contribution is -2.65. The molecule has 2 rings (SSSR count). The molecule has 0 spiro atoms. The van der Waals surface area contributed by atoms with Gasteiger partial charge in [0.05, 0.1) is 4.92 Å². The molecule has 0 heterocycles. The Morgan fingerprint density at radius 1 is 1.30 bits per heavy atom. The number of amides is 2. The Hall–Kier alpha value is -2.64.